The molecule has 1 aromatic carbocycles. The van der Waals surface area contributed by atoms with Crippen LogP contribution in [0.2, 0.25) is 0 Å². The summed E-state index contributed by atoms with van der Waals surface area (Å²) >= 11 is 0. The lowest BCUT2D eigenvalue weighted by atomic mass is 10.1. The Balaban J connectivity index is 2.37. The molecule has 0 aliphatic carbocycles. The average molecular weight is 279 g/mol. The lowest BCUT2D eigenvalue weighted by molar-refractivity contribution is 0.584. The molecule has 7 heteroatoms. The number of nitrogens with one attached hydrogen (secondary N) is 2. The van der Waals surface area contributed by atoms with Crippen molar-refractivity contribution >= 4 is 17.3 Å². The SMILES string of the molecule is CCCc1c(NN)ncnc1Nc1cc(F)cc(F)c1. The summed E-state index contributed by atoms with van der Waals surface area (Å²) in [4.78, 5) is 8.12. The van der Waals surface area contributed by atoms with Gasteiger partial charge < -0.3 is 10.7 Å². The van der Waals surface area contributed by atoms with E-state index in [-0.39, 0.29) is 5.69 Å². The van der Waals surface area contributed by atoms with Crippen LogP contribution in [-0.4, -0.2) is 9.97 Å². The van der Waals surface area contributed by atoms with Crippen molar-refractivity contribution in [1.29, 1.82) is 0 Å². The molecular weight excluding hydrogens is 264 g/mol. The number of benzene rings is 1. The smallest absolute Gasteiger partial charge is 0.148 e. The maximum atomic E-state index is 13.2. The van der Waals surface area contributed by atoms with Gasteiger partial charge in [-0.25, -0.2) is 24.6 Å². The molecule has 0 unspecified atom stereocenters. The fraction of sp³-hybridized carbons (Fsp3) is 0.231. The van der Waals surface area contributed by atoms with Crippen molar-refractivity contribution in [3.8, 4) is 0 Å². The standard InChI is InChI=1S/C13H15F2N5/c1-2-3-11-12(17-7-18-13(11)20-16)19-10-5-8(14)4-9(15)6-10/h4-7H,2-3,16H2,1H3,(H2,17,18,19,20). The van der Waals surface area contributed by atoms with Gasteiger partial charge in [0.05, 0.1) is 0 Å². The van der Waals surface area contributed by atoms with Gasteiger partial charge in [0.25, 0.3) is 0 Å². The molecule has 0 fully saturated rings. The highest BCUT2D eigenvalue weighted by Gasteiger charge is 2.11. The number of hydrazine groups is 1. The van der Waals surface area contributed by atoms with E-state index in [2.05, 4.69) is 20.7 Å². The fourth-order valence-corrected chi connectivity index (χ4v) is 1.89. The molecule has 0 atom stereocenters. The van der Waals surface area contributed by atoms with Crippen molar-refractivity contribution in [2.75, 3.05) is 10.7 Å². The van der Waals surface area contributed by atoms with Crippen LogP contribution in [0.15, 0.2) is 24.5 Å². The summed E-state index contributed by atoms with van der Waals surface area (Å²) in [7, 11) is 0. The lowest BCUT2D eigenvalue weighted by Gasteiger charge is -2.13. The van der Waals surface area contributed by atoms with Crippen LogP contribution in [0.5, 0.6) is 0 Å². The first-order valence-corrected chi connectivity index (χ1v) is 6.17. The van der Waals surface area contributed by atoms with Crippen LogP contribution in [-0.2, 0) is 6.42 Å². The normalized spacial score (nSPS) is 10.4. The van der Waals surface area contributed by atoms with Crippen molar-refractivity contribution in [3.05, 3.63) is 41.7 Å². The van der Waals surface area contributed by atoms with Gasteiger partial charge in [0, 0.05) is 17.3 Å². The molecule has 2 aromatic rings. The molecular formula is C13H15F2N5. The van der Waals surface area contributed by atoms with Gasteiger partial charge in [-0.2, -0.15) is 0 Å². The topological polar surface area (TPSA) is 75.9 Å². The Morgan fingerprint density at radius 3 is 2.35 bits per heavy atom. The summed E-state index contributed by atoms with van der Waals surface area (Å²) in [6.07, 6.45) is 2.86. The van der Waals surface area contributed by atoms with E-state index in [0.29, 0.717) is 18.1 Å². The molecule has 0 spiro atoms. The van der Waals surface area contributed by atoms with Crippen molar-refractivity contribution < 1.29 is 8.78 Å². The van der Waals surface area contributed by atoms with Crippen molar-refractivity contribution in [2.24, 2.45) is 5.84 Å². The summed E-state index contributed by atoms with van der Waals surface area (Å²) in [5, 5.41) is 2.89. The van der Waals surface area contributed by atoms with E-state index in [9.17, 15) is 8.78 Å². The number of rotatable bonds is 5. The van der Waals surface area contributed by atoms with Gasteiger partial charge in [-0.15, -0.1) is 0 Å². The van der Waals surface area contributed by atoms with E-state index in [0.717, 1.165) is 18.1 Å². The first-order valence-electron chi connectivity index (χ1n) is 6.17. The molecule has 1 heterocycles. The van der Waals surface area contributed by atoms with Crippen molar-refractivity contribution in [2.45, 2.75) is 19.8 Å². The second kappa shape index (κ2) is 6.25. The van der Waals surface area contributed by atoms with Crippen LogP contribution in [0.25, 0.3) is 0 Å². The Kier molecular flexibility index (Phi) is 4.41. The zero-order chi connectivity index (χ0) is 14.5. The third kappa shape index (κ3) is 3.18. The van der Waals surface area contributed by atoms with E-state index >= 15 is 0 Å². The monoisotopic (exact) mass is 279 g/mol. The molecule has 0 bridgehead atoms. The first-order chi connectivity index (χ1) is 9.63. The van der Waals surface area contributed by atoms with Gasteiger partial charge in [0.2, 0.25) is 0 Å². The minimum absolute atomic E-state index is 0.279. The van der Waals surface area contributed by atoms with E-state index in [1.165, 1.54) is 18.5 Å². The number of nitrogens with two attached hydrogens (primary N) is 1. The molecule has 20 heavy (non-hydrogen) atoms. The Morgan fingerprint density at radius 1 is 1.10 bits per heavy atom. The highest BCUT2D eigenvalue weighted by Crippen LogP contribution is 2.25. The number of nitrogens with zero attached hydrogens (tertiary/aromatic N) is 2. The molecule has 5 nitrogen and oxygen atoms in total. The summed E-state index contributed by atoms with van der Waals surface area (Å²) in [6, 6.07) is 3.19. The molecule has 0 saturated carbocycles. The molecule has 0 aliphatic heterocycles. The van der Waals surface area contributed by atoms with Crippen molar-refractivity contribution in [3.63, 3.8) is 0 Å². The van der Waals surface area contributed by atoms with Gasteiger partial charge in [0.1, 0.15) is 29.6 Å². The number of nitrogen functional groups attached to an aromatic ring is 1. The summed E-state index contributed by atoms with van der Waals surface area (Å²) in [5.41, 5.74) is 3.54. The first kappa shape index (κ1) is 14.1. The second-order valence-corrected chi connectivity index (χ2v) is 4.23. The van der Waals surface area contributed by atoms with Crippen LogP contribution in [0, 0.1) is 11.6 Å². The number of hydrogen-bond donors (Lipinski definition) is 3. The van der Waals surface area contributed by atoms with E-state index < -0.39 is 11.6 Å². The Morgan fingerprint density at radius 2 is 1.75 bits per heavy atom. The van der Waals surface area contributed by atoms with E-state index in [4.69, 9.17) is 5.84 Å². The van der Waals surface area contributed by atoms with Crippen LogP contribution in [0.4, 0.5) is 26.1 Å². The number of aromatic nitrogens is 2. The quantitative estimate of drug-likeness (QED) is 0.579. The maximum Gasteiger partial charge on any atom is 0.148 e. The summed E-state index contributed by atoms with van der Waals surface area (Å²) in [5.74, 6) is 5.05. The third-order valence-electron chi connectivity index (χ3n) is 2.71. The minimum atomic E-state index is -0.657. The molecule has 0 saturated heterocycles. The number of halogens is 2. The second-order valence-electron chi connectivity index (χ2n) is 4.23. The van der Waals surface area contributed by atoms with Gasteiger partial charge in [0.15, 0.2) is 0 Å². The predicted octanol–water partition coefficient (Wildman–Crippen LogP) is 2.74. The third-order valence-corrected chi connectivity index (χ3v) is 2.71. The Hall–Kier alpha value is -2.28. The molecule has 0 radical (unpaired) electrons. The molecule has 0 amide bonds. The number of anilines is 3. The molecule has 106 valence electrons. The summed E-state index contributed by atoms with van der Waals surface area (Å²) < 4.78 is 26.4. The zero-order valence-electron chi connectivity index (χ0n) is 11.0. The van der Waals surface area contributed by atoms with Crippen LogP contribution < -0.4 is 16.6 Å². The Bertz CT molecular complexity index is 583. The maximum absolute atomic E-state index is 13.2. The molecule has 1 aromatic heterocycles. The highest BCUT2D eigenvalue weighted by molar-refractivity contribution is 5.64. The van der Waals surface area contributed by atoms with Gasteiger partial charge in [-0.3, -0.25) is 0 Å². The van der Waals surface area contributed by atoms with Crippen LogP contribution >= 0.6 is 0 Å². The molecule has 2 rings (SSSR count). The van der Waals surface area contributed by atoms with Gasteiger partial charge in [-0.1, -0.05) is 13.3 Å². The lowest BCUT2D eigenvalue weighted by Crippen LogP contribution is -2.13. The van der Waals surface area contributed by atoms with Gasteiger partial charge >= 0.3 is 0 Å². The zero-order valence-corrected chi connectivity index (χ0v) is 11.0. The highest BCUT2D eigenvalue weighted by atomic mass is 19.1. The minimum Gasteiger partial charge on any atom is -0.340 e. The predicted molar refractivity (Wildman–Crippen MR) is 73.5 cm³/mol. The van der Waals surface area contributed by atoms with Crippen LogP contribution in [0.1, 0.15) is 18.9 Å². The van der Waals surface area contributed by atoms with Crippen LogP contribution in [0.3, 0.4) is 0 Å². The Labute approximate surface area is 115 Å². The number of hydrogen-bond acceptors (Lipinski definition) is 5. The van der Waals surface area contributed by atoms with E-state index in [1.54, 1.807) is 0 Å². The molecule has 4 N–H and O–H groups in total. The largest absolute Gasteiger partial charge is 0.340 e. The van der Waals surface area contributed by atoms with Crippen molar-refractivity contribution in [1.82, 2.24) is 9.97 Å². The summed E-state index contributed by atoms with van der Waals surface area (Å²) in [6.45, 7) is 2.00. The molecule has 0 aliphatic rings. The average Bonchev–Trinajstić information content (AvgIpc) is 2.39. The fourth-order valence-electron chi connectivity index (χ4n) is 1.89. The van der Waals surface area contributed by atoms with Gasteiger partial charge in [-0.05, 0) is 18.6 Å². The van der Waals surface area contributed by atoms with E-state index in [1.807, 2.05) is 6.92 Å².